The Labute approximate surface area is 172 Å². The SMILES string of the molecule is Cc1c(C(C)O)cnn(Cc2nc(/C=C/C(S)c3ccc(Cl)cc3)no2)c1=O. The van der Waals surface area contributed by atoms with Crippen molar-refractivity contribution in [3.05, 3.63) is 80.3 Å². The summed E-state index contributed by atoms with van der Waals surface area (Å²) >= 11 is 10.4. The van der Waals surface area contributed by atoms with Crippen molar-refractivity contribution < 1.29 is 9.63 Å². The van der Waals surface area contributed by atoms with Crippen molar-refractivity contribution in [3.63, 3.8) is 0 Å². The number of aliphatic hydroxyl groups is 1. The molecule has 0 aliphatic rings. The Kier molecular flexibility index (Phi) is 6.33. The molecule has 3 aromatic rings. The quantitative estimate of drug-likeness (QED) is 0.596. The van der Waals surface area contributed by atoms with E-state index < -0.39 is 6.10 Å². The lowest BCUT2D eigenvalue weighted by Crippen LogP contribution is -2.27. The van der Waals surface area contributed by atoms with Crippen molar-refractivity contribution in [2.45, 2.75) is 31.7 Å². The molecule has 146 valence electrons. The van der Waals surface area contributed by atoms with Gasteiger partial charge in [-0.2, -0.15) is 22.7 Å². The molecule has 0 fully saturated rings. The maximum absolute atomic E-state index is 12.4. The summed E-state index contributed by atoms with van der Waals surface area (Å²) in [6.07, 6.45) is 4.23. The first-order valence-electron chi connectivity index (χ1n) is 8.54. The maximum atomic E-state index is 12.4. The molecule has 0 bridgehead atoms. The zero-order valence-electron chi connectivity index (χ0n) is 15.3. The van der Waals surface area contributed by atoms with Crippen LogP contribution in [0.5, 0.6) is 0 Å². The first-order chi connectivity index (χ1) is 13.3. The number of hydrogen-bond donors (Lipinski definition) is 2. The second-order valence-electron chi connectivity index (χ2n) is 6.27. The van der Waals surface area contributed by atoms with Crippen LogP contribution in [0.15, 0.2) is 45.9 Å². The zero-order chi connectivity index (χ0) is 20.3. The summed E-state index contributed by atoms with van der Waals surface area (Å²) in [6.45, 7) is 3.28. The number of rotatable bonds is 6. The summed E-state index contributed by atoms with van der Waals surface area (Å²) in [5.41, 5.74) is 1.60. The third kappa shape index (κ3) is 4.70. The molecule has 0 radical (unpaired) electrons. The lowest BCUT2D eigenvalue weighted by molar-refractivity contribution is 0.197. The summed E-state index contributed by atoms with van der Waals surface area (Å²) < 4.78 is 6.41. The molecule has 2 atom stereocenters. The Morgan fingerprint density at radius 3 is 2.75 bits per heavy atom. The maximum Gasteiger partial charge on any atom is 0.270 e. The minimum absolute atomic E-state index is 0.0437. The molecule has 28 heavy (non-hydrogen) atoms. The van der Waals surface area contributed by atoms with Crippen molar-refractivity contribution >= 4 is 30.3 Å². The number of aliphatic hydroxyl groups excluding tert-OH is 1. The van der Waals surface area contributed by atoms with Crippen LogP contribution in [-0.4, -0.2) is 25.0 Å². The van der Waals surface area contributed by atoms with Gasteiger partial charge in [0, 0.05) is 21.4 Å². The predicted molar refractivity (Wildman–Crippen MR) is 109 cm³/mol. The molecule has 0 spiro atoms. The number of thiol groups is 1. The normalized spacial score (nSPS) is 13.8. The Morgan fingerprint density at radius 1 is 1.36 bits per heavy atom. The molecule has 2 heterocycles. The van der Waals surface area contributed by atoms with Gasteiger partial charge in [-0.15, -0.1) is 0 Å². The summed E-state index contributed by atoms with van der Waals surface area (Å²) in [7, 11) is 0. The van der Waals surface area contributed by atoms with Crippen molar-refractivity contribution in [2.75, 3.05) is 0 Å². The average molecular weight is 419 g/mol. The molecule has 2 aromatic heterocycles. The number of nitrogens with zero attached hydrogens (tertiary/aromatic N) is 4. The number of aromatic nitrogens is 4. The van der Waals surface area contributed by atoms with Crippen molar-refractivity contribution in [1.29, 1.82) is 0 Å². The third-order valence-corrected chi connectivity index (χ3v) is 4.90. The number of hydrogen-bond acceptors (Lipinski definition) is 7. The van der Waals surface area contributed by atoms with Gasteiger partial charge in [-0.05, 0) is 37.6 Å². The van der Waals surface area contributed by atoms with E-state index in [2.05, 4.69) is 27.9 Å². The van der Waals surface area contributed by atoms with Gasteiger partial charge >= 0.3 is 0 Å². The van der Waals surface area contributed by atoms with Gasteiger partial charge in [-0.1, -0.05) is 35.0 Å². The average Bonchev–Trinajstić information content (AvgIpc) is 3.11. The van der Waals surface area contributed by atoms with Gasteiger partial charge in [0.1, 0.15) is 6.54 Å². The Hall–Kier alpha value is -2.42. The summed E-state index contributed by atoms with van der Waals surface area (Å²) in [6, 6.07) is 7.39. The Morgan fingerprint density at radius 2 is 2.07 bits per heavy atom. The minimum Gasteiger partial charge on any atom is -0.389 e. The minimum atomic E-state index is -0.759. The van der Waals surface area contributed by atoms with E-state index in [1.807, 2.05) is 18.2 Å². The predicted octanol–water partition coefficient (Wildman–Crippen LogP) is 3.37. The van der Waals surface area contributed by atoms with E-state index in [9.17, 15) is 9.90 Å². The van der Waals surface area contributed by atoms with Gasteiger partial charge in [0.2, 0.25) is 5.89 Å². The van der Waals surface area contributed by atoms with Gasteiger partial charge in [0.05, 0.1) is 12.3 Å². The third-order valence-electron chi connectivity index (χ3n) is 4.18. The largest absolute Gasteiger partial charge is 0.389 e. The highest BCUT2D eigenvalue weighted by Crippen LogP contribution is 2.23. The molecule has 1 N–H and O–H groups in total. The summed E-state index contributed by atoms with van der Waals surface area (Å²) in [5.74, 6) is 0.619. The highest BCUT2D eigenvalue weighted by Gasteiger charge is 2.13. The van der Waals surface area contributed by atoms with Crippen LogP contribution < -0.4 is 5.56 Å². The first-order valence-corrected chi connectivity index (χ1v) is 9.43. The topological polar surface area (TPSA) is 94.0 Å². The fourth-order valence-corrected chi connectivity index (χ4v) is 2.99. The number of benzene rings is 1. The van der Waals surface area contributed by atoms with E-state index in [1.54, 1.807) is 32.1 Å². The van der Waals surface area contributed by atoms with E-state index in [-0.39, 0.29) is 23.2 Å². The van der Waals surface area contributed by atoms with Crippen LogP contribution in [-0.2, 0) is 6.54 Å². The van der Waals surface area contributed by atoms with Crippen LogP contribution in [0.3, 0.4) is 0 Å². The highest BCUT2D eigenvalue weighted by molar-refractivity contribution is 7.80. The van der Waals surface area contributed by atoms with Crippen LogP contribution in [0.1, 0.15) is 46.7 Å². The lowest BCUT2D eigenvalue weighted by Gasteiger charge is -2.09. The molecule has 0 saturated carbocycles. The monoisotopic (exact) mass is 418 g/mol. The smallest absolute Gasteiger partial charge is 0.270 e. The van der Waals surface area contributed by atoms with Crippen LogP contribution >= 0.6 is 24.2 Å². The van der Waals surface area contributed by atoms with Crippen LogP contribution in [0, 0.1) is 6.92 Å². The molecule has 1 aromatic carbocycles. The van der Waals surface area contributed by atoms with E-state index in [0.717, 1.165) is 5.56 Å². The molecule has 0 aliphatic heterocycles. The van der Waals surface area contributed by atoms with Crippen molar-refractivity contribution in [1.82, 2.24) is 19.9 Å². The Balaban J connectivity index is 1.71. The highest BCUT2D eigenvalue weighted by atomic mass is 35.5. The van der Waals surface area contributed by atoms with Crippen LogP contribution in [0.4, 0.5) is 0 Å². The van der Waals surface area contributed by atoms with E-state index in [1.165, 1.54) is 10.9 Å². The van der Waals surface area contributed by atoms with E-state index in [4.69, 9.17) is 16.1 Å². The zero-order valence-corrected chi connectivity index (χ0v) is 16.9. The summed E-state index contributed by atoms with van der Waals surface area (Å²) in [5, 5.41) is 18.1. The van der Waals surface area contributed by atoms with Gasteiger partial charge in [-0.3, -0.25) is 4.79 Å². The van der Waals surface area contributed by atoms with Gasteiger partial charge in [-0.25, -0.2) is 4.68 Å². The molecule has 0 amide bonds. The lowest BCUT2D eigenvalue weighted by atomic mass is 10.1. The second kappa shape index (κ2) is 8.72. The molecule has 3 rings (SSSR count). The fourth-order valence-electron chi connectivity index (χ4n) is 2.61. The van der Waals surface area contributed by atoms with Gasteiger partial charge in [0.25, 0.3) is 5.56 Å². The number of halogens is 1. The molecule has 9 heteroatoms. The van der Waals surface area contributed by atoms with Crippen LogP contribution in [0.25, 0.3) is 6.08 Å². The first kappa shape index (κ1) is 20.3. The van der Waals surface area contributed by atoms with Gasteiger partial charge < -0.3 is 9.63 Å². The second-order valence-corrected chi connectivity index (χ2v) is 7.26. The molecule has 0 aliphatic carbocycles. The van der Waals surface area contributed by atoms with E-state index in [0.29, 0.717) is 22.0 Å². The van der Waals surface area contributed by atoms with Crippen LogP contribution in [0.2, 0.25) is 5.02 Å². The standard InChI is InChI=1S/C19H19ClN4O3S/c1-11-15(12(2)25)9-21-24(19(11)26)10-18-22-17(23-27-18)8-7-16(28)13-3-5-14(20)6-4-13/h3-9,12,16,25,28H,10H2,1-2H3/b8-7+. The fraction of sp³-hybridized carbons (Fsp3) is 0.263. The summed E-state index contributed by atoms with van der Waals surface area (Å²) in [4.78, 5) is 16.6. The molecular formula is C19H19ClN4O3S. The van der Waals surface area contributed by atoms with E-state index >= 15 is 0 Å². The Bertz CT molecular complexity index is 1040. The molecule has 2 unspecified atom stereocenters. The van der Waals surface area contributed by atoms with Crippen molar-refractivity contribution in [2.24, 2.45) is 0 Å². The van der Waals surface area contributed by atoms with Gasteiger partial charge in [0.15, 0.2) is 5.82 Å². The van der Waals surface area contributed by atoms with Crippen molar-refractivity contribution in [3.8, 4) is 0 Å². The molecule has 0 saturated heterocycles. The molecular weight excluding hydrogens is 400 g/mol. The molecule has 7 nitrogen and oxygen atoms in total.